The third-order valence-electron chi connectivity index (χ3n) is 8.51. The van der Waals surface area contributed by atoms with E-state index in [-0.39, 0.29) is 17.8 Å². The lowest BCUT2D eigenvalue weighted by Gasteiger charge is -2.31. The zero-order valence-corrected chi connectivity index (χ0v) is 22.7. The Morgan fingerprint density at radius 3 is 2.48 bits per heavy atom. The summed E-state index contributed by atoms with van der Waals surface area (Å²) >= 11 is 0. The molecule has 0 radical (unpaired) electrons. The number of aromatic nitrogens is 4. The first-order valence-electron chi connectivity index (χ1n) is 14.5. The number of halogens is 2. The van der Waals surface area contributed by atoms with Gasteiger partial charge in [0.05, 0.1) is 24.2 Å². The van der Waals surface area contributed by atoms with Gasteiger partial charge < -0.3 is 20.3 Å². The Hall–Kier alpha value is -3.18. The van der Waals surface area contributed by atoms with Crippen molar-refractivity contribution in [3.63, 3.8) is 0 Å². The van der Waals surface area contributed by atoms with Gasteiger partial charge >= 0.3 is 0 Å². The van der Waals surface area contributed by atoms with Crippen molar-refractivity contribution in [1.82, 2.24) is 24.8 Å². The van der Waals surface area contributed by atoms with E-state index in [9.17, 15) is 13.6 Å². The molecular formula is C29H37F2N7O2. The number of imidazole rings is 1. The minimum absolute atomic E-state index is 0.159. The lowest BCUT2D eigenvalue weighted by molar-refractivity contribution is -0.124. The van der Waals surface area contributed by atoms with Crippen LogP contribution in [0.25, 0.3) is 16.9 Å². The standard InChI is InChI=1S/C29H37F2N7O2/c30-27(31)28-34-22-3-1-2-4-23(22)38(28)26-18-25(37-13-15-40-16-14-37)35-29(36-26)33-21-7-5-19(6-8-21)17-24(39)20-9-11-32-12-10-20/h1-4,18-21,27,32H,5-17H2,(H,33,35,36). The van der Waals surface area contributed by atoms with Crippen LogP contribution in [0.4, 0.5) is 20.5 Å². The molecule has 1 aromatic carbocycles. The van der Waals surface area contributed by atoms with Gasteiger partial charge in [-0.2, -0.15) is 9.97 Å². The zero-order chi connectivity index (χ0) is 27.5. The molecule has 2 saturated heterocycles. The van der Waals surface area contributed by atoms with E-state index >= 15 is 0 Å². The Morgan fingerprint density at radius 2 is 1.73 bits per heavy atom. The first-order valence-corrected chi connectivity index (χ1v) is 14.5. The molecular weight excluding hydrogens is 516 g/mol. The number of ether oxygens (including phenoxy) is 1. The molecule has 2 aliphatic heterocycles. The number of ketones is 1. The molecule has 3 aromatic rings. The number of Topliss-reactive ketones (excluding diaryl/α,β-unsaturated/α-hetero) is 1. The highest BCUT2D eigenvalue weighted by Gasteiger charge is 2.28. The topological polar surface area (TPSA) is 97.2 Å². The fourth-order valence-electron chi connectivity index (χ4n) is 6.28. The summed E-state index contributed by atoms with van der Waals surface area (Å²) in [5.41, 5.74) is 1.07. The summed E-state index contributed by atoms with van der Waals surface area (Å²) in [6.45, 7) is 4.37. The van der Waals surface area contributed by atoms with Crippen LogP contribution >= 0.6 is 0 Å². The average Bonchev–Trinajstić information content (AvgIpc) is 3.39. The van der Waals surface area contributed by atoms with Crippen molar-refractivity contribution in [2.24, 2.45) is 11.8 Å². The van der Waals surface area contributed by atoms with E-state index in [0.717, 1.165) is 51.6 Å². The van der Waals surface area contributed by atoms with Gasteiger partial charge in [0.25, 0.3) is 6.43 Å². The molecule has 1 aliphatic carbocycles. The molecule has 0 bridgehead atoms. The van der Waals surface area contributed by atoms with Crippen LogP contribution in [0.5, 0.6) is 0 Å². The lowest BCUT2D eigenvalue weighted by Crippen LogP contribution is -2.37. The van der Waals surface area contributed by atoms with Crippen LogP contribution in [0.15, 0.2) is 30.3 Å². The smallest absolute Gasteiger partial charge is 0.296 e. The van der Waals surface area contributed by atoms with Crippen molar-refractivity contribution < 1.29 is 18.3 Å². The number of carbonyl (C=O) groups excluding carboxylic acids is 1. The number of alkyl halides is 2. The molecule has 0 spiro atoms. The van der Waals surface area contributed by atoms with Crippen LogP contribution in [0, 0.1) is 11.8 Å². The summed E-state index contributed by atoms with van der Waals surface area (Å²) < 4.78 is 35.2. The summed E-state index contributed by atoms with van der Waals surface area (Å²) in [6.07, 6.45) is 3.62. The summed E-state index contributed by atoms with van der Waals surface area (Å²) in [5, 5.41) is 6.84. The van der Waals surface area contributed by atoms with E-state index in [0.29, 0.717) is 73.0 Å². The van der Waals surface area contributed by atoms with Crippen LogP contribution in [0.3, 0.4) is 0 Å². The van der Waals surface area contributed by atoms with E-state index in [2.05, 4.69) is 20.5 Å². The van der Waals surface area contributed by atoms with Gasteiger partial charge in [0.15, 0.2) is 5.82 Å². The number of hydrogen-bond donors (Lipinski definition) is 2. The molecule has 3 aliphatic rings. The zero-order valence-electron chi connectivity index (χ0n) is 22.7. The van der Waals surface area contributed by atoms with E-state index in [1.54, 1.807) is 24.3 Å². The number of benzene rings is 1. The van der Waals surface area contributed by atoms with Crippen LogP contribution < -0.4 is 15.5 Å². The van der Waals surface area contributed by atoms with Crippen LogP contribution in [-0.2, 0) is 9.53 Å². The first kappa shape index (κ1) is 27.0. The van der Waals surface area contributed by atoms with Gasteiger partial charge in [-0.3, -0.25) is 9.36 Å². The van der Waals surface area contributed by atoms with E-state index in [4.69, 9.17) is 14.7 Å². The largest absolute Gasteiger partial charge is 0.378 e. The number of fused-ring (bicyclic) bond motifs is 1. The summed E-state index contributed by atoms with van der Waals surface area (Å²) in [4.78, 5) is 28.7. The number of para-hydroxylation sites is 2. The normalized spacial score (nSPS) is 22.6. The molecule has 0 unspecified atom stereocenters. The van der Waals surface area contributed by atoms with Gasteiger partial charge in [0, 0.05) is 37.5 Å². The summed E-state index contributed by atoms with van der Waals surface area (Å²) in [7, 11) is 0. The van der Waals surface area contributed by atoms with Gasteiger partial charge in [-0.1, -0.05) is 12.1 Å². The van der Waals surface area contributed by atoms with E-state index in [1.807, 2.05) is 6.07 Å². The van der Waals surface area contributed by atoms with Gasteiger partial charge in [0.2, 0.25) is 5.95 Å². The highest BCUT2D eigenvalue weighted by atomic mass is 19.3. The van der Waals surface area contributed by atoms with Crippen molar-refractivity contribution in [3.05, 3.63) is 36.2 Å². The molecule has 1 saturated carbocycles. The average molecular weight is 554 g/mol. The minimum Gasteiger partial charge on any atom is -0.378 e. The van der Waals surface area contributed by atoms with Gasteiger partial charge in [-0.05, 0) is 69.7 Å². The third-order valence-corrected chi connectivity index (χ3v) is 8.51. The molecule has 2 aromatic heterocycles. The second-order valence-corrected chi connectivity index (χ2v) is 11.2. The summed E-state index contributed by atoms with van der Waals surface area (Å²) in [5.74, 6) is 2.18. The monoisotopic (exact) mass is 553 g/mol. The molecule has 3 fully saturated rings. The van der Waals surface area contributed by atoms with E-state index < -0.39 is 6.43 Å². The second kappa shape index (κ2) is 12.1. The number of nitrogens with one attached hydrogen (secondary N) is 2. The van der Waals surface area contributed by atoms with E-state index in [1.165, 1.54) is 4.57 Å². The lowest BCUT2D eigenvalue weighted by atomic mass is 9.80. The Morgan fingerprint density at radius 1 is 1.00 bits per heavy atom. The molecule has 0 amide bonds. The SMILES string of the molecule is O=C(CC1CCC(Nc2nc(N3CCOCC3)cc(-n3c(C(F)F)nc4ccccc43)n2)CC1)C1CCNCC1. The second-order valence-electron chi connectivity index (χ2n) is 11.2. The number of hydrogen-bond acceptors (Lipinski definition) is 8. The number of nitrogens with zero attached hydrogens (tertiary/aromatic N) is 5. The van der Waals surface area contributed by atoms with Gasteiger partial charge in [-0.15, -0.1) is 0 Å². The van der Waals surface area contributed by atoms with Crippen LogP contribution in [0.2, 0.25) is 0 Å². The maximum absolute atomic E-state index is 14.1. The van der Waals surface area contributed by atoms with Crippen LogP contribution in [-0.4, -0.2) is 70.7 Å². The Balaban J connectivity index is 1.22. The van der Waals surface area contributed by atoms with Crippen molar-refractivity contribution in [1.29, 1.82) is 0 Å². The highest BCUT2D eigenvalue weighted by Crippen LogP contribution is 2.32. The maximum Gasteiger partial charge on any atom is 0.296 e. The Bertz CT molecular complexity index is 1310. The van der Waals surface area contributed by atoms with Gasteiger partial charge in [-0.25, -0.2) is 13.8 Å². The highest BCUT2D eigenvalue weighted by molar-refractivity contribution is 5.81. The fraction of sp³-hybridized carbons (Fsp3) is 0.586. The number of piperidine rings is 1. The third kappa shape index (κ3) is 5.95. The molecule has 2 N–H and O–H groups in total. The fourth-order valence-corrected chi connectivity index (χ4v) is 6.28. The van der Waals surface area contributed by atoms with Crippen molar-refractivity contribution in [3.8, 4) is 5.82 Å². The number of anilines is 2. The van der Waals surface area contributed by atoms with Gasteiger partial charge in [0.1, 0.15) is 17.4 Å². The van der Waals surface area contributed by atoms with Crippen molar-refractivity contribution in [2.75, 3.05) is 49.6 Å². The molecule has 40 heavy (non-hydrogen) atoms. The molecule has 4 heterocycles. The molecule has 9 nitrogen and oxygen atoms in total. The van der Waals surface area contributed by atoms with Crippen molar-refractivity contribution >= 4 is 28.6 Å². The summed E-state index contributed by atoms with van der Waals surface area (Å²) in [6, 6.07) is 9.04. The predicted octanol–water partition coefficient (Wildman–Crippen LogP) is 4.52. The molecule has 11 heteroatoms. The maximum atomic E-state index is 14.1. The Kier molecular flexibility index (Phi) is 8.20. The minimum atomic E-state index is -2.76. The first-order chi connectivity index (χ1) is 19.5. The molecule has 6 rings (SSSR count). The Labute approximate surface area is 232 Å². The number of carbonyl (C=O) groups is 1. The molecule has 214 valence electrons. The predicted molar refractivity (Wildman–Crippen MR) is 149 cm³/mol. The van der Waals surface area contributed by atoms with Crippen molar-refractivity contribution in [2.45, 2.75) is 57.4 Å². The molecule has 0 atom stereocenters. The van der Waals surface area contributed by atoms with Crippen LogP contribution in [0.1, 0.15) is 57.2 Å². The number of rotatable bonds is 8. The quantitative estimate of drug-likeness (QED) is 0.420. The number of morpholine rings is 1.